The summed E-state index contributed by atoms with van der Waals surface area (Å²) in [6.45, 7) is 1.86. The molecule has 0 saturated carbocycles. The summed E-state index contributed by atoms with van der Waals surface area (Å²) < 4.78 is 11.0. The number of nitrogens with one attached hydrogen (secondary N) is 1. The molecule has 136 valence electrons. The molecule has 0 atom stereocenters. The number of amides is 2. The van der Waals surface area contributed by atoms with E-state index in [4.69, 9.17) is 21.4 Å². The number of para-hydroxylation sites is 1. The zero-order valence-electron chi connectivity index (χ0n) is 13.9. The summed E-state index contributed by atoms with van der Waals surface area (Å²) >= 11 is 6.35. The molecular weight excluding hydrogens is 376 g/mol. The number of carbonyl (C=O) groups is 3. The number of hydrogen-bond acceptors (Lipinski definition) is 7. The minimum atomic E-state index is -0.693. The number of rotatable bonds is 6. The Bertz CT molecular complexity index is 876. The molecule has 3 rings (SSSR count). The number of hydrogen-bond donors (Lipinski definition) is 1. The van der Waals surface area contributed by atoms with Gasteiger partial charge in [-0.15, -0.1) is 0 Å². The highest BCUT2D eigenvalue weighted by molar-refractivity contribution is 8.23. The van der Waals surface area contributed by atoms with Crippen LogP contribution in [0.3, 0.4) is 0 Å². The lowest BCUT2D eigenvalue weighted by atomic mass is 10.1. The maximum atomic E-state index is 12.1. The van der Waals surface area contributed by atoms with Gasteiger partial charge < -0.3 is 14.5 Å². The van der Waals surface area contributed by atoms with Crippen LogP contribution in [0.2, 0.25) is 0 Å². The van der Waals surface area contributed by atoms with E-state index >= 15 is 0 Å². The van der Waals surface area contributed by atoms with Gasteiger partial charge in [-0.2, -0.15) is 0 Å². The van der Waals surface area contributed by atoms with E-state index in [2.05, 4.69) is 5.32 Å². The summed E-state index contributed by atoms with van der Waals surface area (Å²) in [5.41, 5.74) is 1.26. The smallest absolute Gasteiger partial charge is 0.375 e. The number of ether oxygens (including phenoxy) is 1. The number of furan rings is 1. The lowest BCUT2D eigenvalue weighted by molar-refractivity contribution is -0.126. The van der Waals surface area contributed by atoms with Crippen LogP contribution in [-0.4, -0.2) is 52.5 Å². The van der Waals surface area contributed by atoms with Gasteiger partial charge in [-0.25, -0.2) is 4.79 Å². The normalized spacial score (nSPS) is 14.1. The first kappa shape index (κ1) is 18.4. The van der Waals surface area contributed by atoms with Crippen LogP contribution in [0.4, 0.5) is 0 Å². The van der Waals surface area contributed by atoms with Crippen LogP contribution in [0.15, 0.2) is 28.7 Å². The van der Waals surface area contributed by atoms with Crippen molar-refractivity contribution in [2.75, 3.05) is 25.4 Å². The van der Waals surface area contributed by atoms with Gasteiger partial charge in [0.05, 0.1) is 5.75 Å². The molecule has 0 spiro atoms. The second-order valence-corrected chi connectivity index (χ2v) is 7.19. The summed E-state index contributed by atoms with van der Waals surface area (Å²) in [5.74, 6) is -0.801. The Kier molecular flexibility index (Phi) is 5.58. The minimum absolute atomic E-state index is 0.0685. The minimum Gasteiger partial charge on any atom is -0.450 e. The van der Waals surface area contributed by atoms with Crippen molar-refractivity contribution in [1.82, 2.24) is 10.2 Å². The van der Waals surface area contributed by atoms with E-state index in [9.17, 15) is 14.4 Å². The number of carbonyl (C=O) groups excluding carboxylic acids is 3. The van der Waals surface area contributed by atoms with Gasteiger partial charge in [0.25, 0.3) is 5.91 Å². The van der Waals surface area contributed by atoms with E-state index in [1.165, 1.54) is 16.7 Å². The second kappa shape index (κ2) is 7.88. The van der Waals surface area contributed by atoms with Crippen LogP contribution < -0.4 is 5.32 Å². The molecule has 1 aromatic heterocycles. The lowest BCUT2D eigenvalue weighted by Crippen LogP contribution is -2.38. The van der Waals surface area contributed by atoms with E-state index in [-0.39, 0.29) is 18.2 Å². The third-order valence-corrected chi connectivity index (χ3v) is 5.29. The molecule has 7 nitrogen and oxygen atoms in total. The van der Waals surface area contributed by atoms with Crippen molar-refractivity contribution in [3.63, 3.8) is 0 Å². The molecule has 0 unspecified atom stereocenters. The quantitative estimate of drug-likeness (QED) is 0.593. The Hall–Kier alpha value is -2.39. The Morgan fingerprint density at radius 2 is 2.15 bits per heavy atom. The highest BCUT2D eigenvalue weighted by Crippen LogP contribution is 2.25. The van der Waals surface area contributed by atoms with Gasteiger partial charge in [0.2, 0.25) is 11.7 Å². The third kappa shape index (κ3) is 3.88. The Balaban J connectivity index is 1.48. The van der Waals surface area contributed by atoms with Crippen molar-refractivity contribution >= 4 is 57.1 Å². The molecule has 1 aliphatic heterocycles. The number of benzene rings is 1. The number of thiocarbonyl (C=S) groups is 1. The van der Waals surface area contributed by atoms with Crippen molar-refractivity contribution in [1.29, 1.82) is 0 Å². The maximum Gasteiger partial charge on any atom is 0.375 e. The number of esters is 1. The standard InChI is InChI=1S/C17H16N2O5S2/c1-10-11-4-2-3-5-12(11)24-15(10)16(22)23-8-13(20)18-6-7-19-14(21)9-26-17(19)25/h2-5H,6-9H2,1H3,(H,18,20). The number of thioether (sulfide) groups is 1. The van der Waals surface area contributed by atoms with E-state index in [1.54, 1.807) is 13.0 Å². The lowest BCUT2D eigenvalue weighted by Gasteiger charge is -2.14. The number of aryl methyl sites for hydroxylation is 1. The fourth-order valence-electron chi connectivity index (χ4n) is 2.52. The third-order valence-electron chi connectivity index (χ3n) is 3.86. The van der Waals surface area contributed by atoms with Gasteiger partial charge in [0.15, 0.2) is 6.61 Å². The van der Waals surface area contributed by atoms with Gasteiger partial charge >= 0.3 is 5.97 Å². The Morgan fingerprint density at radius 3 is 2.85 bits per heavy atom. The largest absolute Gasteiger partial charge is 0.450 e. The molecule has 1 N–H and O–H groups in total. The van der Waals surface area contributed by atoms with Crippen molar-refractivity contribution < 1.29 is 23.5 Å². The second-order valence-electron chi connectivity index (χ2n) is 5.58. The molecule has 26 heavy (non-hydrogen) atoms. The molecule has 2 aromatic rings. The van der Waals surface area contributed by atoms with Gasteiger partial charge in [-0.1, -0.05) is 42.2 Å². The predicted octanol–water partition coefficient (Wildman–Crippen LogP) is 1.87. The van der Waals surface area contributed by atoms with Gasteiger partial charge in [0.1, 0.15) is 9.90 Å². The first-order valence-electron chi connectivity index (χ1n) is 7.86. The van der Waals surface area contributed by atoms with Gasteiger partial charge in [-0.05, 0) is 13.0 Å². The zero-order valence-corrected chi connectivity index (χ0v) is 15.6. The fourth-order valence-corrected chi connectivity index (χ4v) is 3.64. The van der Waals surface area contributed by atoms with E-state index in [1.807, 2.05) is 18.2 Å². The first-order chi connectivity index (χ1) is 12.5. The van der Waals surface area contributed by atoms with Crippen molar-refractivity contribution in [2.45, 2.75) is 6.92 Å². The van der Waals surface area contributed by atoms with Crippen LogP contribution in [0.25, 0.3) is 11.0 Å². The molecule has 1 fully saturated rings. The summed E-state index contributed by atoms with van der Waals surface area (Å²) in [5, 5.41) is 3.42. The monoisotopic (exact) mass is 392 g/mol. The van der Waals surface area contributed by atoms with Crippen LogP contribution in [0.5, 0.6) is 0 Å². The van der Waals surface area contributed by atoms with Crippen molar-refractivity contribution in [3.8, 4) is 0 Å². The maximum absolute atomic E-state index is 12.1. The number of nitrogens with zero attached hydrogens (tertiary/aromatic N) is 1. The number of fused-ring (bicyclic) bond motifs is 1. The van der Waals surface area contributed by atoms with E-state index < -0.39 is 18.5 Å². The van der Waals surface area contributed by atoms with Crippen LogP contribution in [0.1, 0.15) is 16.1 Å². The molecule has 0 bridgehead atoms. The van der Waals surface area contributed by atoms with Crippen molar-refractivity contribution in [3.05, 3.63) is 35.6 Å². The fraction of sp³-hybridized carbons (Fsp3) is 0.294. The van der Waals surface area contributed by atoms with Crippen LogP contribution in [-0.2, 0) is 14.3 Å². The summed E-state index contributed by atoms with van der Waals surface area (Å²) in [7, 11) is 0. The molecular formula is C17H16N2O5S2. The molecule has 2 heterocycles. The predicted molar refractivity (Wildman–Crippen MR) is 101 cm³/mol. The van der Waals surface area contributed by atoms with Crippen molar-refractivity contribution in [2.24, 2.45) is 0 Å². The van der Waals surface area contributed by atoms with E-state index in [0.717, 1.165) is 5.39 Å². The summed E-state index contributed by atoms with van der Waals surface area (Å²) in [6, 6.07) is 7.26. The Labute approximate surface area is 159 Å². The van der Waals surface area contributed by atoms with E-state index in [0.29, 0.717) is 27.8 Å². The summed E-state index contributed by atoms with van der Waals surface area (Å²) in [6.07, 6.45) is 0. The average molecular weight is 392 g/mol. The Morgan fingerprint density at radius 1 is 1.38 bits per heavy atom. The molecule has 9 heteroatoms. The molecule has 0 radical (unpaired) electrons. The topological polar surface area (TPSA) is 88.9 Å². The SMILES string of the molecule is Cc1c(C(=O)OCC(=O)NCCN2C(=O)CSC2=S)oc2ccccc12. The molecule has 1 saturated heterocycles. The van der Waals surface area contributed by atoms with Crippen LogP contribution in [0, 0.1) is 6.92 Å². The molecule has 2 amide bonds. The van der Waals surface area contributed by atoms with Gasteiger partial charge in [-0.3, -0.25) is 14.5 Å². The highest BCUT2D eigenvalue weighted by Gasteiger charge is 2.26. The molecule has 1 aliphatic rings. The first-order valence-corrected chi connectivity index (χ1v) is 9.26. The molecule has 1 aromatic carbocycles. The summed E-state index contributed by atoms with van der Waals surface area (Å²) in [4.78, 5) is 37.0. The van der Waals surface area contributed by atoms with Crippen LogP contribution >= 0.6 is 24.0 Å². The highest BCUT2D eigenvalue weighted by atomic mass is 32.2. The molecule has 0 aliphatic carbocycles. The zero-order chi connectivity index (χ0) is 18.7. The average Bonchev–Trinajstić information content (AvgIpc) is 3.14. The van der Waals surface area contributed by atoms with Gasteiger partial charge in [0, 0.05) is 24.0 Å².